The maximum absolute atomic E-state index is 13.3. The second-order valence-corrected chi connectivity index (χ2v) is 4.48. The van der Waals surface area contributed by atoms with Gasteiger partial charge in [-0.25, -0.2) is 0 Å². The molecule has 19 heavy (non-hydrogen) atoms. The summed E-state index contributed by atoms with van der Waals surface area (Å²) in [6.07, 6.45) is -4.79. The Bertz CT molecular complexity index is 486. The Morgan fingerprint density at radius 3 is 2.16 bits per heavy atom. The number of benzene rings is 1. The van der Waals surface area contributed by atoms with Gasteiger partial charge in [-0.05, 0) is 19.4 Å². The van der Waals surface area contributed by atoms with Crippen molar-refractivity contribution in [3.05, 3.63) is 48.0 Å². The average Bonchev–Trinajstić information content (AvgIpc) is 2.71. The highest BCUT2D eigenvalue weighted by molar-refractivity contribution is 5.23. The first kappa shape index (κ1) is 14.0. The highest BCUT2D eigenvalue weighted by atomic mass is 19.4. The average molecular weight is 274 g/mol. The van der Waals surface area contributed by atoms with Crippen molar-refractivity contribution in [3.8, 4) is 0 Å². The van der Waals surface area contributed by atoms with Crippen LogP contribution in [0.2, 0.25) is 0 Å². The van der Waals surface area contributed by atoms with Crippen molar-refractivity contribution >= 4 is 0 Å². The van der Waals surface area contributed by atoms with E-state index in [1.165, 1.54) is 38.1 Å². The van der Waals surface area contributed by atoms with Crippen molar-refractivity contribution in [2.75, 3.05) is 0 Å². The predicted octanol–water partition coefficient (Wildman–Crippen LogP) is 3.67. The molecule has 2 unspecified atom stereocenters. The molecule has 104 valence electrons. The van der Waals surface area contributed by atoms with Gasteiger partial charge in [0.05, 0.1) is 0 Å². The van der Waals surface area contributed by atoms with E-state index in [0.29, 0.717) is 0 Å². The quantitative estimate of drug-likeness (QED) is 0.608. The molecule has 0 amide bonds. The van der Waals surface area contributed by atoms with Gasteiger partial charge >= 0.3 is 12.0 Å². The van der Waals surface area contributed by atoms with Crippen LogP contribution in [0.3, 0.4) is 0 Å². The van der Waals surface area contributed by atoms with Crippen molar-refractivity contribution < 1.29 is 27.7 Å². The molecule has 0 radical (unpaired) electrons. The highest BCUT2D eigenvalue weighted by Crippen LogP contribution is 2.51. The Kier molecular flexibility index (Phi) is 3.20. The molecule has 1 aromatic rings. The summed E-state index contributed by atoms with van der Waals surface area (Å²) in [6, 6.07) is 7.06. The van der Waals surface area contributed by atoms with Crippen LogP contribution in [-0.2, 0) is 20.3 Å². The van der Waals surface area contributed by atoms with Crippen LogP contribution in [0.15, 0.2) is 42.5 Å². The molecule has 1 aliphatic heterocycles. The zero-order valence-electron chi connectivity index (χ0n) is 10.5. The number of alkyl halides is 3. The number of rotatable bonds is 2. The standard InChI is InChI=1S/C13H13F3O3/c1-9(2)11(3)17-12(19-18-11,13(14,15)16)10-7-5-4-6-8-10/h4-8H,1H2,2-3H3. The first-order chi connectivity index (χ1) is 8.71. The Labute approximate surface area is 108 Å². The summed E-state index contributed by atoms with van der Waals surface area (Å²) in [7, 11) is 0. The molecule has 0 saturated carbocycles. The maximum atomic E-state index is 13.3. The summed E-state index contributed by atoms with van der Waals surface area (Å²) in [6.45, 7) is 6.38. The summed E-state index contributed by atoms with van der Waals surface area (Å²) < 4.78 is 45.1. The van der Waals surface area contributed by atoms with Crippen LogP contribution in [-0.4, -0.2) is 12.0 Å². The van der Waals surface area contributed by atoms with Crippen LogP contribution in [0.4, 0.5) is 13.2 Å². The van der Waals surface area contributed by atoms with E-state index in [4.69, 9.17) is 9.62 Å². The molecule has 0 N–H and O–H groups in total. The third-order valence-electron chi connectivity index (χ3n) is 2.96. The largest absolute Gasteiger partial charge is 0.451 e. The second-order valence-electron chi connectivity index (χ2n) is 4.48. The molecule has 1 aliphatic rings. The number of ether oxygens (including phenoxy) is 1. The molecule has 0 bridgehead atoms. The van der Waals surface area contributed by atoms with Gasteiger partial charge in [0, 0.05) is 5.56 Å². The van der Waals surface area contributed by atoms with E-state index in [1.54, 1.807) is 6.07 Å². The first-order valence-corrected chi connectivity index (χ1v) is 5.56. The number of halogens is 3. The van der Waals surface area contributed by atoms with E-state index in [2.05, 4.69) is 11.5 Å². The number of hydrogen-bond acceptors (Lipinski definition) is 3. The molecule has 0 aromatic heterocycles. The van der Waals surface area contributed by atoms with Crippen molar-refractivity contribution in [1.29, 1.82) is 0 Å². The van der Waals surface area contributed by atoms with Gasteiger partial charge in [0.2, 0.25) is 5.79 Å². The summed E-state index contributed by atoms with van der Waals surface area (Å²) >= 11 is 0. The molecular formula is C13H13F3O3. The Balaban J connectivity index is 2.49. The van der Waals surface area contributed by atoms with E-state index in [-0.39, 0.29) is 11.1 Å². The van der Waals surface area contributed by atoms with Crippen LogP contribution < -0.4 is 0 Å². The molecule has 6 heteroatoms. The van der Waals surface area contributed by atoms with Crippen LogP contribution >= 0.6 is 0 Å². The van der Waals surface area contributed by atoms with Crippen LogP contribution in [0, 0.1) is 0 Å². The van der Waals surface area contributed by atoms with Gasteiger partial charge in [0.1, 0.15) is 0 Å². The smallest absolute Gasteiger partial charge is 0.297 e. The second kappa shape index (κ2) is 4.33. The van der Waals surface area contributed by atoms with Gasteiger partial charge in [-0.3, -0.25) is 4.74 Å². The van der Waals surface area contributed by atoms with Crippen molar-refractivity contribution in [1.82, 2.24) is 0 Å². The van der Waals surface area contributed by atoms with E-state index >= 15 is 0 Å². The zero-order valence-corrected chi connectivity index (χ0v) is 10.5. The third-order valence-corrected chi connectivity index (χ3v) is 2.96. The normalized spacial score (nSPS) is 31.4. The maximum Gasteiger partial charge on any atom is 0.451 e. The fourth-order valence-electron chi connectivity index (χ4n) is 1.64. The Hall–Kier alpha value is -1.37. The molecule has 3 nitrogen and oxygen atoms in total. The van der Waals surface area contributed by atoms with Crippen LogP contribution in [0.1, 0.15) is 19.4 Å². The molecule has 1 saturated heterocycles. The summed E-state index contributed by atoms with van der Waals surface area (Å²) in [5.74, 6) is -4.59. The Morgan fingerprint density at radius 1 is 1.16 bits per heavy atom. The molecule has 1 heterocycles. The van der Waals surface area contributed by atoms with Gasteiger partial charge in [0.15, 0.2) is 0 Å². The molecule has 0 spiro atoms. The monoisotopic (exact) mass is 274 g/mol. The minimum absolute atomic E-state index is 0.188. The molecule has 2 atom stereocenters. The highest BCUT2D eigenvalue weighted by Gasteiger charge is 2.68. The minimum atomic E-state index is -4.79. The molecular weight excluding hydrogens is 261 g/mol. The number of hydrogen-bond donors (Lipinski definition) is 0. The van der Waals surface area contributed by atoms with E-state index in [1.807, 2.05) is 0 Å². The van der Waals surface area contributed by atoms with Gasteiger partial charge in [-0.1, -0.05) is 36.9 Å². The molecule has 1 fully saturated rings. The van der Waals surface area contributed by atoms with Crippen molar-refractivity contribution in [2.24, 2.45) is 0 Å². The summed E-state index contributed by atoms with van der Waals surface area (Å²) in [4.78, 5) is 9.32. The summed E-state index contributed by atoms with van der Waals surface area (Å²) in [5.41, 5.74) is 0.0852. The summed E-state index contributed by atoms with van der Waals surface area (Å²) in [5, 5.41) is 0. The van der Waals surface area contributed by atoms with Crippen LogP contribution in [0.25, 0.3) is 0 Å². The third kappa shape index (κ3) is 2.16. The fourth-order valence-corrected chi connectivity index (χ4v) is 1.64. The zero-order chi connectivity index (χ0) is 14.3. The first-order valence-electron chi connectivity index (χ1n) is 5.56. The fraction of sp³-hybridized carbons (Fsp3) is 0.385. The Morgan fingerprint density at radius 2 is 1.74 bits per heavy atom. The minimum Gasteiger partial charge on any atom is -0.297 e. The van der Waals surface area contributed by atoms with E-state index in [9.17, 15) is 13.2 Å². The van der Waals surface area contributed by atoms with E-state index in [0.717, 1.165) is 0 Å². The van der Waals surface area contributed by atoms with Crippen molar-refractivity contribution in [2.45, 2.75) is 31.6 Å². The van der Waals surface area contributed by atoms with Gasteiger partial charge in [-0.15, -0.1) is 0 Å². The lowest BCUT2D eigenvalue weighted by molar-refractivity contribution is -0.420. The lowest BCUT2D eigenvalue weighted by Crippen LogP contribution is -2.45. The predicted molar refractivity (Wildman–Crippen MR) is 60.6 cm³/mol. The molecule has 0 aliphatic carbocycles. The topological polar surface area (TPSA) is 27.7 Å². The molecule has 2 rings (SSSR count). The lowest BCUT2D eigenvalue weighted by atomic mass is 10.0. The van der Waals surface area contributed by atoms with Crippen LogP contribution in [0.5, 0.6) is 0 Å². The lowest BCUT2D eigenvalue weighted by Gasteiger charge is -2.29. The SMILES string of the molecule is C=C(C)C1(C)OOC(c2ccccc2)(C(F)(F)F)O1. The van der Waals surface area contributed by atoms with Gasteiger partial charge in [-0.2, -0.15) is 22.9 Å². The molecule has 1 aromatic carbocycles. The van der Waals surface area contributed by atoms with E-state index < -0.39 is 17.8 Å². The van der Waals surface area contributed by atoms with Crippen molar-refractivity contribution in [3.63, 3.8) is 0 Å². The van der Waals surface area contributed by atoms with Gasteiger partial charge < -0.3 is 0 Å². The van der Waals surface area contributed by atoms with Gasteiger partial charge in [0.25, 0.3) is 0 Å².